The maximum Gasteiger partial charge on any atom is 0.322 e. The molecule has 0 bridgehead atoms. The molecule has 2 unspecified atom stereocenters. The summed E-state index contributed by atoms with van der Waals surface area (Å²) in [7, 11) is 0. The molecule has 0 aromatic carbocycles. The number of nitrogens with zero attached hydrogens (tertiary/aromatic N) is 1. The zero-order chi connectivity index (χ0) is 9.30. The van der Waals surface area contributed by atoms with Crippen molar-refractivity contribution in [3.05, 3.63) is 0 Å². The molecule has 0 aromatic heterocycles. The van der Waals surface area contributed by atoms with Gasteiger partial charge in [0.2, 0.25) is 0 Å². The second-order valence-electron chi connectivity index (χ2n) is 2.82. The SMILES string of the molecule is NN1CC(C(=O)O)CC1C(=O)O. The number of hydrogen-bond acceptors (Lipinski definition) is 4. The van der Waals surface area contributed by atoms with E-state index in [-0.39, 0.29) is 13.0 Å². The summed E-state index contributed by atoms with van der Waals surface area (Å²) >= 11 is 0. The molecule has 0 amide bonds. The fourth-order valence-electron chi connectivity index (χ4n) is 1.28. The number of carboxylic acids is 2. The van der Waals surface area contributed by atoms with Crippen LogP contribution in [0.1, 0.15) is 6.42 Å². The average molecular weight is 174 g/mol. The van der Waals surface area contributed by atoms with E-state index in [1.165, 1.54) is 0 Å². The Morgan fingerprint density at radius 3 is 2.17 bits per heavy atom. The molecule has 2 atom stereocenters. The Kier molecular flexibility index (Phi) is 2.30. The summed E-state index contributed by atoms with van der Waals surface area (Å²) in [5.74, 6) is 2.58. The Balaban J connectivity index is 2.62. The highest BCUT2D eigenvalue weighted by molar-refractivity contribution is 5.77. The lowest BCUT2D eigenvalue weighted by Crippen LogP contribution is -2.41. The van der Waals surface area contributed by atoms with Gasteiger partial charge in [0.15, 0.2) is 0 Å². The maximum atomic E-state index is 10.5. The summed E-state index contributed by atoms with van der Waals surface area (Å²) in [5.41, 5.74) is 0. The molecule has 0 radical (unpaired) electrons. The van der Waals surface area contributed by atoms with Gasteiger partial charge in [0.25, 0.3) is 0 Å². The van der Waals surface area contributed by atoms with Crippen LogP contribution in [0.2, 0.25) is 0 Å². The third kappa shape index (κ3) is 1.54. The van der Waals surface area contributed by atoms with Crippen LogP contribution in [0, 0.1) is 5.92 Å². The average Bonchev–Trinajstić information content (AvgIpc) is 2.30. The molecule has 0 aliphatic carbocycles. The van der Waals surface area contributed by atoms with Crippen molar-refractivity contribution in [1.29, 1.82) is 0 Å². The molecule has 0 aromatic rings. The van der Waals surface area contributed by atoms with Crippen LogP contribution in [0.15, 0.2) is 0 Å². The molecule has 1 rings (SSSR count). The zero-order valence-electron chi connectivity index (χ0n) is 6.30. The van der Waals surface area contributed by atoms with Crippen LogP contribution >= 0.6 is 0 Å². The summed E-state index contributed by atoms with van der Waals surface area (Å²) in [6, 6.07) is -0.855. The van der Waals surface area contributed by atoms with Gasteiger partial charge in [-0.25, -0.2) is 5.01 Å². The van der Waals surface area contributed by atoms with Gasteiger partial charge in [0, 0.05) is 6.54 Å². The molecule has 1 heterocycles. The Hall–Kier alpha value is -1.14. The molecule has 1 fully saturated rings. The van der Waals surface area contributed by atoms with Crippen molar-refractivity contribution in [2.24, 2.45) is 11.8 Å². The predicted molar refractivity (Wildman–Crippen MR) is 38.1 cm³/mol. The van der Waals surface area contributed by atoms with Gasteiger partial charge in [-0.1, -0.05) is 0 Å². The van der Waals surface area contributed by atoms with Gasteiger partial charge in [0.1, 0.15) is 6.04 Å². The van der Waals surface area contributed by atoms with Crippen molar-refractivity contribution in [3.63, 3.8) is 0 Å². The molecule has 12 heavy (non-hydrogen) atoms. The van der Waals surface area contributed by atoms with Crippen LogP contribution in [0.4, 0.5) is 0 Å². The van der Waals surface area contributed by atoms with E-state index in [9.17, 15) is 9.59 Å². The van der Waals surface area contributed by atoms with E-state index < -0.39 is 23.9 Å². The minimum atomic E-state index is -1.07. The van der Waals surface area contributed by atoms with Crippen molar-refractivity contribution >= 4 is 11.9 Å². The van der Waals surface area contributed by atoms with E-state index in [4.69, 9.17) is 16.1 Å². The van der Waals surface area contributed by atoms with E-state index in [0.717, 1.165) is 5.01 Å². The number of carbonyl (C=O) groups is 2. The van der Waals surface area contributed by atoms with E-state index in [1.807, 2.05) is 0 Å². The lowest BCUT2D eigenvalue weighted by Gasteiger charge is -2.12. The van der Waals surface area contributed by atoms with Gasteiger partial charge in [-0.05, 0) is 6.42 Å². The van der Waals surface area contributed by atoms with E-state index in [2.05, 4.69) is 0 Å². The highest BCUT2D eigenvalue weighted by Gasteiger charge is 2.38. The van der Waals surface area contributed by atoms with Crippen LogP contribution in [0.5, 0.6) is 0 Å². The number of hydrazine groups is 1. The zero-order valence-corrected chi connectivity index (χ0v) is 6.30. The largest absolute Gasteiger partial charge is 0.481 e. The van der Waals surface area contributed by atoms with E-state index >= 15 is 0 Å². The highest BCUT2D eigenvalue weighted by atomic mass is 16.4. The number of rotatable bonds is 2. The van der Waals surface area contributed by atoms with E-state index in [1.54, 1.807) is 0 Å². The van der Waals surface area contributed by atoms with Gasteiger partial charge in [-0.3, -0.25) is 15.4 Å². The molecular weight excluding hydrogens is 164 g/mol. The lowest BCUT2D eigenvalue weighted by atomic mass is 10.1. The molecule has 6 heteroatoms. The third-order valence-electron chi connectivity index (χ3n) is 1.97. The van der Waals surface area contributed by atoms with Crippen molar-refractivity contribution in [2.75, 3.05) is 6.54 Å². The Morgan fingerprint density at radius 1 is 1.33 bits per heavy atom. The van der Waals surface area contributed by atoms with Gasteiger partial charge < -0.3 is 10.2 Å². The fourth-order valence-corrected chi connectivity index (χ4v) is 1.28. The Labute approximate surface area is 68.5 Å². The summed E-state index contributed by atoms with van der Waals surface area (Å²) in [5, 5.41) is 18.2. The van der Waals surface area contributed by atoms with Crippen molar-refractivity contribution in [3.8, 4) is 0 Å². The maximum absolute atomic E-state index is 10.5. The monoisotopic (exact) mass is 174 g/mol. The first-order chi connectivity index (χ1) is 5.52. The molecule has 0 saturated carbocycles. The van der Waals surface area contributed by atoms with Crippen molar-refractivity contribution < 1.29 is 19.8 Å². The van der Waals surface area contributed by atoms with Crippen LogP contribution in [0.25, 0.3) is 0 Å². The first kappa shape index (κ1) is 8.95. The number of carboxylic acid groups (broad SMARTS) is 2. The van der Waals surface area contributed by atoms with Crippen molar-refractivity contribution in [1.82, 2.24) is 5.01 Å². The summed E-state index contributed by atoms with van der Waals surface area (Å²) in [4.78, 5) is 20.9. The normalized spacial score (nSPS) is 30.4. The first-order valence-electron chi connectivity index (χ1n) is 3.49. The number of aliphatic carboxylic acids is 2. The molecule has 1 aliphatic heterocycles. The van der Waals surface area contributed by atoms with E-state index in [0.29, 0.717) is 0 Å². The summed E-state index contributed by atoms with van der Waals surface area (Å²) in [6.45, 7) is 0.103. The smallest absolute Gasteiger partial charge is 0.322 e. The van der Waals surface area contributed by atoms with Gasteiger partial charge in [-0.2, -0.15) is 0 Å². The van der Waals surface area contributed by atoms with Gasteiger partial charge in [-0.15, -0.1) is 0 Å². The van der Waals surface area contributed by atoms with Crippen LogP contribution in [-0.2, 0) is 9.59 Å². The minimum Gasteiger partial charge on any atom is -0.481 e. The quantitative estimate of drug-likeness (QED) is 0.450. The first-order valence-corrected chi connectivity index (χ1v) is 3.49. The molecule has 1 aliphatic rings. The standard InChI is InChI=1S/C6H10N2O4/c7-8-2-3(5(9)10)1-4(8)6(11)12/h3-4H,1-2,7H2,(H,9,10)(H,11,12). The Morgan fingerprint density at radius 2 is 1.92 bits per heavy atom. The van der Waals surface area contributed by atoms with Crippen LogP contribution < -0.4 is 5.84 Å². The van der Waals surface area contributed by atoms with Gasteiger partial charge in [0.05, 0.1) is 5.92 Å². The van der Waals surface area contributed by atoms with Crippen LogP contribution in [-0.4, -0.2) is 39.7 Å². The molecule has 6 nitrogen and oxygen atoms in total. The summed E-state index contributed by atoms with van der Waals surface area (Å²) < 4.78 is 0. The second kappa shape index (κ2) is 3.08. The molecule has 4 N–H and O–H groups in total. The topological polar surface area (TPSA) is 104 Å². The Bertz CT molecular complexity index is 218. The minimum absolute atomic E-state index is 0.0845. The highest BCUT2D eigenvalue weighted by Crippen LogP contribution is 2.20. The lowest BCUT2D eigenvalue weighted by molar-refractivity contribution is -0.142. The molecule has 1 saturated heterocycles. The van der Waals surface area contributed by atoms with Gasteiger partial charge >= 0.3 is 11.9 Å². The molecule has 0 spiro atoms. The summed E-state index contributed by atoms with van der Waals surface area (Å²) in [6.07, 6.45) is 0.0845. The number of hydrogen-bond donors (Lipinski definition) is 3. The number of nitrogens with two attached hydrogens (primary N) is 1. The molecule has 68 valence electrons. The predicted octanol–water partition coefficient (Wildman–Crippen LogP) is -1.28. The third-order valence-corrected chi connectivity index (χ3v) is 1.97. The van der Waals surface area contributed by atoms with Crippen LogP contribution in [0.3, 0.4) is 0 Å². The van der Waals surface area contributed by atoms with Crippen molar-refractivity contribution in [2.45, 2.75) is 12.5 Å². The molecular formula is C6H10N2O4. The second-order valence-corrected chi connectivity index (χ2v) is 2.82. The fraction of sp³-hybridized carbons (Fsp3) is 0.667.